The highest BCUT2D eigenvalue weighted by Gasteiger charge is 2.35. The van der Waals surface area contributed by atoms with Crippen molar-refractivity contribution in [1.82, 2.24) is 14.5 Å². The number of hydrogen-bond acceptors (Lipinski definition) is 6. The van der Waals surface area contributed by atoms with Gasteiger partial charge in [-0.3, -0.25) is 4.79 Å². The molecule has 2 aliphatic heterocycles. The Morgan fingerprint density at radius 2 is 1.83 bits per heavy atom. The van der Waals surface area contributed by atoms with Gasteiger partial charge in [0.2, 0.25) is 15.9 Å². The summed E-state index contributed by atoms with van der Waals surface area (Å²) in [5, 5.41) is 3.13. The van der Waals surface area contributed by atoms with E-state index < -0.39 is 10.0 Å². The van der Waals surface area contributed by atoms with Crippen molar-refractivity contribution >= 4 is 15.9 Å². The molecule has 29 heavy (non-hydrogen) atoms. The van der Waals surface area contributed by atoms with Crippen molar-refractivity contribution in [3.63, 3.8) is 0 Å². The van der Waals surface area contributed by atoms with Crippen LogP contribution in [0.1, 0.15) is 25.7 Å². The molecule has 0 bridgehead atoms. The van der Waals surface area contributed by atoms with Crippen LogP contribution in [0.5, 0.6) is 11.5 Å². The molecule has 0 spiro atoms. The molecule has 3 rings (SSSR count). The van der Waals surface area contributed by atoms with Crippen LogP contribution in [0.15, 0.2) is 23.1 Å². The molecule has 2 aliphatic rings. The number of benzene rings is 1. The number of hydrogen-bond donors (Lipinski definition) is 1. The van der Waals surface area contributed by atoms with E-state index in [0.717, 1.165) is 25.9 Å². The first-order chi connectivity index (χ1) is 13.8. The predicted octanol–water partition coefficient (Wildman–Crippen LogP) is 1.31. The third-order valence-corrected chi connectivity index (χ3v) is 7.69. The van der Waals surface area contributed by atoms with Gasteiger partial charge >= 0.3 is 0 Å². The standard InChI is InChI=1S/C20H31N3O5S/c1-22-11-8-16(9-12-22)21-20(24)15-5-4-10-23(14-15)29(25,26)19-13-17(27-2)6-7-18(19)28-3/h6-7,13,15-16H,4-5,8-12,14H2,1-3H3,(H,21,24)/t15-/m0/s1. The van der Waals surface area contributed by atoms with Gasteiger partial charge < -0.3 is 19.7 Å². The second-order valence-electron chi connectivity index (χ2n) is 7.81. The lowest BCUT2D eigenvalue weighted by Crippen LogP contribution is -2.49. The van der Waals surface area contributed by atoms with Gasteiger partial charge in [-0.1, -0.05) is 0 Å². The quantitative estimate of drug-likeness (QED) is 0.740. The zero-order valence-corrected chi connectivity index (χ0v) is 18.2. The third-order valence-electron chi connectivity index (χ3n) is 5.81. The Labute approximate surface area is 173 Å². The Hall–Kier alpha value is -1.84. The Balaban J connectivity index is 1.72. The van der Waals surface area contributed by atoms with Gasteiger partial charge in [-0.15, -0.1) is 0 Å². The number of methoxy groups -OCH3 is 2. The first-order valence-corrected chi connectivity index (χ1v) is 11.5. The summed E-state index contributed by atoms with van der Waals surface area (Å²) in [5.41, 5.74) is 0. The van der Waals surface area contributed by atoms with Crippen LogP contribution in [0, 0.1) is 5.92 Å². The van der Waals surface area contributed by atoms with Crippen molar-refractivity contribution in [2.24, 2.45) is 5.92 Å². The number of amides is 1. The minimum absolute atomic E-state index is 0.0444. The van der Waals surface area contributed by atoms with Gasteiger partial charge in [-0.25, -0.2) is 8.42 Å². The lowest BCUT2D eigenvalue weighted by atomic mass is 9.97. The first kappa shape index (κ1) is 21.9. The molecule has 0 unspecified atom stereocenters. The van der Waals surface area contributed by atoms with E-state index in [-0.39, 0.29) is 35.1 Å². The monoisotopic (exact) mass is 425 g/mol. The maximum atomic E-state index is 13.3. The summed E-state index contributed by atoms with van der Waals surface area (Å²) in [6.45, 7) is 2.50. The van der Waals surface area contributed by atoms with Gasteiger partial charge in [-0.05, 0) is 58.0 Å². The zero-order valence-electron chi connectivity index (χ0n) is 17.4. The molecular weight excluding hydrogens is 394 g/mol. The number of likely N-dealkylation sites (tertiary alicyclic amines) is 1. The van der Waals surface area contributed by atoms with Crippen LogP contribution >= 0.6 is 0 Å². The molecule has 1 amide bonds. The largest absolute Gasteiger partial charge is 0.497 e. The molecule has 2 saturated heterocycles. The number of nitrogens with zero attached hydrogens (tertiary/aromatic N) is 2. The first-order valence-electron chi connectivity index (χ1n) is 10.1. The highest BCUT2D eigenvalue weighted by molar-refractivity contribution is 7.89. The van der Waals surface area contributed by atoms with Gasteiger partial charge in [0.1, 0.15) is 16.4 Å². The van der Waals surface area contributed by atoms with Crippen molar-refractivity contribution in [3.8, 4) is 11.5 Å². The molecule has 1 N–H and O–H groups in total. The third kappa shape index (κ3) is 5.02. The van der Waals surface area contributed by atoms with E-state index in [1.807, 2.05) is 0 Å². The van der Waals surface area contributed by atoms with Crippen molar-refractivity contribution in [1.29, 1.82) is 0 Å². The van der Waals surface area contributed by atoms with E-state index in [4.69, 9.17) is 9.47 Å². The molecule has 1 aromatic rings. The van der Waals surface area contributed by atoms with Crippen molar-refractivity contribution < 1.29 is 22.7 Å². The Bertz CT molecular complexity index is 821. The van der Waals surface area contributed by atoms with Gasteiger partial charge in [0.15, 0.2) is 0 Å². The van der Waals surface area contributed by atoms with Gasteiger partial charge in [-0.2, -0.15) is 4.31 Å². The second kappa shape index (κ2) is 9.32. The highest BCUT2D eigenvalue weighted by atomic mass is 32.2. The van der Waals surface area contributed by atoms with Crippen LogP contribution in [-0.2, 0) is 14.8 Å². The summed E-state index contributed by atoms with van der Waals surface area (Å²) in [5.74, 6) is 0.327. The summed E-state index contributed by atoms with van der Waals surface area (Å²) in [6, 6.07) is 4.88. The lowest BCUT2D eigenvalue weighted by molar-refractivity contribution is -0.127. The molecule has 1 aromatic carbocycles. The van der Waals surface area contributed by atoms with Gasteiger partial charge in [0.25, 0.3) is 0 Å². The van der Waals surface area contributed by atoms with Crippen LogP contribution in [0.4, 0.5) is 0 Å². The van der Waals surface area contributed by atoms with E-state index in [0.29, 0.717) is 25.1 Å². The van der Waals surface area contributed by atoms with E-state index >= 15 is 0 Å². The maximum Gasteiger partial charge on any atom is 0.246 e. The van der Waals surface area contributed by atoms with E-state index in [1.54, 1.807) is 12.1 Å². The molecule has 162 valence electrons. The maximum absolute atomic E-state index is 13.3. The van der Waals surface area contributed by atoms with Crippen LogP contribution in [0.3, 0.4) is 0 Å². The van der Waals surface area contributed by atoms with E-state index in [1.165, 1.54) is 24.6 Å². The van der Waals surface area contributed by atoms with Gasteiger partial charge in [0.05, 0.1) is 20.1 Å². The fraction of sp³-hybridized carbons (Fsp3) is 0.650. The van der Waals surface area contributed by atoms with Crippen LogP contribution in [0.25, 0.3) is 0 Å². The average Bonchev–Trinajstić information content (AvgIpc) is 2.74. The minimum atomic E-state index is -3.80. The van der Waals surface area contributed by atoms with Gasteiger partial charge in [0, 0.05) is 25.2 Å². The zero-order chi connectivity index (χ0) is 21.0. The Kier molecular flexibility index (Phi) is 7.02. The molecule has 9 heteroatoms. The van der Waals surface area contributed by atoms with E-state index in [2.05, 4.69) is 17.3 Å². The fourth-order valence-corrected chi connectivity index (χ4v) is 5.67. The molecule has 2 fully saturated rings. The molecular formula is C20H31N3O5S. The number of sulfonamides is 1. The number of carbonyl (C=O) groups is 1. The summed E-state index contributed by atoms with van der Waals surface area (Å²) >= 11 is 0. The lowest BCUT2D eigenvalue weighted by Gasteiger charge is -2.34. The van der Waals surface area contributed by atoms with Crippen molar-refractivity contribution in [2.75, 3.05) is 47.4 Å². The fourth-order valence-electron chi connectivity index (χ4n) is 3.97. The van der Waals surface area contributed by atoms with Crippen molar-refractivity contribution in [3.05, 3.63) is 18.2 Å². The molecule has 2 heterocycles. The van der Waals surface area contributed by atoms with Crippen LogP contribution in [0.2, 0.25) is 0 Å². The Morgan fingerprint density at radius 3 is 2.48 bits per heavy atom. The summed E-state index contributed by atoms with van der Waals surface area (Å²) in [6.07, 6.45) is 3.20. The highest BCUT2D eigenvalue weighted by Crippen LogP contribution is 2.32. The van der Waals surface area contributed by atoms with Crippen molar-refractivity contribution in [2.45, 2.75) is 36.6 Å². The number of ether oxygens (including phenoxy) is 2. The predicted molar refractivity (Wildman–Crippen MR) is 110 cm³/mol. The van der Waals surface area contributed by atoms with Crippen LogP contribution in [-0.4, -0.2) is 77.0 Å². The average molecular weight is 426 g/mol. The summed E-state index contributed by atoms with van der Waals surface area (Å²) in [7, 11) is 1.20. The number of carbonyl (C=O) groups excluding carboxylic acids is 1. The molecule has 8 nitrogen and oxygen atoms in total. The Morgan fingerprint density at radius 1 is 1.10 bits per heavy atom. The number of rotatable bonds is 6. The molecule has 0 aromatic heterocycles. The summed E-state index contributed by atoms with van der Waals surface area (Å²) in [4.78, 5) is 15.1. The smallest absolute Gasteiger partial charge is 0.246 e. The normalized spacial score (nSPS) is 22.2. The van der Waals surface area contributed by atoms with E-state index in [9.17, 15) is 13.2 Å². The minimum Gasteiger partial charge on any atom is -0.497 e. The number of piperidine rings is 2. The molecule has 0 aliphatic carbocycles. The SMILES string of the molecule is COc1ccc(OC)c(S(=O)(=O)N2CCC[C@H](C(=O)NC3CCN(C)CC3)C2)c1. The topological polar surface area (TPSA) is 88.2 Å². The van der Waals surface area contributed by atoms with Crippen LogP contribution < -0.4 is 14.8 Å². The molecule has 0 saturated carbocycles. The molecule has 0 radical (unpaired) electrons. The second-order valence-corrected chi connectivity index (χ2v) is 9.71. The molecule has 1 atom stereocenters. The summed E-state index contributed by atoms with van der Waals surface area (Å²) < 4.78 is 38.4. The number of nitrogens with one attached hydrogen (secondary N) is 1.